The highest BCUT2D eigenvalue weighted by atomic mass is 19.3. The second-order valence-corrected chi connectivity index (χ2v) is 9.70. The van der Waals surface area contributed by atoms with Crippen molar-refractivity contribution in [3.63, 3.8) is 0 Å². The van der Waals surface area contributed by atoms with Crippen molar-refractivity contribution in [1.82, 2.24) is 0 Å². The van der Waals surface area contributed by atoms with Gasteiger partial charge in [0, 0.05) is 31.8 Å². The van der Waals surface area contributed by atoms with Crippen molar-refractivity contribution in [3.05, 3.63) is 24.3 Å². The Kier molecular flexibility index (Phi) is 11.4. The fraction of sp³-hybridized carbons (Fsp3) is 0.800. The molecule has 3 N–H and O–H groups in total. The fourth-order valence-electron chi connectivity index (χ4n) is 4.62. The Labute approximate surface area is 195 Å². The normalized spacial score (nSPS) is 30.0. The number of allylic oxidation sites excluding steroid dienone is 2. The number of carboxylic acid groups (broad SMARTS) is 1. The SMILES string of the molecule is CC(C)CC(F)(F)C(O)/C=C/[C@@H]1[C@@H](C/C=C\CCCC(=O)O)[C@@H](O)C[C@H]1OC1CCCCO1. The first-order chi connectivity index (χ1) is 15.6. The van der Waals surface area contributed by atoms with Gasteiger partial charge in [0.05, 0.1) is 12.2 Å². The van der Waals surface area contributed by atoms with Crippen LogP contribution in [0.15, 0.2) is 24.3 Å². The molecule has 1 aliphatic carbocycles. The number of carboxylic acids is 1. The summed E-state index contributed by atoms with van der Waals surface area (Å²) in [6.07, 6.45) is 7.60. The number of aliphatic hydroxyl groups is 2. The Morgan fingerprint density at radius 1 is 1.27 bits per heavy atom. The lowest BCUT2D eigenvalue weighted by molar-refractivity contribution is -0.193. The molecule has 6 atom stereocenters. The van der Waals surface area contributed by atoms with Crippen molar-refractivity contribution in [1.29, 1.82) is 0 Å². The average molecular weight is 475 g/mol. The summed E-state index contributed by atoms with van der Waals surface area (Å²) in [5, 5.41) is 29.6. The Bertz CT molecular complexity index is 645. The standard InChI is InChI=1S/C25H40F2O6/c1-17(2)16-25(26,27)22(29)13-12-19-18(9-5-3-4-6-10-23(30)31)20(28)15-21(19)33-24-11-7-8-14-32-24/h3,5,12-13,17-22,24,28-29H,4,6-11,14-16H2,1-2H3,(H,30,31)/b5-3-,13-12+/t18-,19-,20+,21-,22?,24?/m1/s1. The van der Waals surface area contributed by atoms with Crippen LogP contribution >= 0.6 is 0 Å². The summed E-state index contributed by atoms with van der Waals surface area (Å²) >= 11 is 0. The summed E-state index contributed by atoms with van der Waals surface area (Å²) in [6, 6.07) is 0. The van der Waals surface area contributed by atoms with Gasteiger partial charge in [0.15, 0.2) is 6.29 Å². The summed E-state index contributed by atoms with van der Waals surface area (Å²) in [4.78, 5) is 10.6. The predicted molar refractivity (Wildman–Crippen MR) is 121 cm³/mol. The number of hydrogen-bond acceptors (Lipinski definition) is 5. The Hall–Kier alpha value is -1.35. The van der Waals surface area contributed by atoms with E-state index >= 15 is 0 Å². The Morgan fingerprint density at radius 3 is 2.67 bits per heavy atom. The van der Waals surface area contributed by atoms with E-state index in [4.69, 9.17) is 14.6 Å². The Balaban J connectivity index is 2.07. The maximum Gasteiger partial charge on any atom is 0.303 e. The molecule has 0 spiro atoms. The summed E-state index contributed by atoms with van der Waals surface area (Å²) in [5.74, 6) is -4.92. The van der Waals surface area contributed by atoms with E-state index in [9.17, 15) is 23.8 Å². The molecular formula is C25H40F2O6. The molecule has 0 radical (unpaired) electrons. The first kappa shape index (κ1) is 27.9. The molecule has 2 aliphatic rings. The second-order valence-electron chi connectivity index (χ2n) is 9.70. The number of hydrogen-bond donors (Lipinski definition) is 3. The molecule has 33 heavy (non-hydrogen) atoms. The lowest BCUT2D eigenvalue weighted by atomic mass is 9.89. The van der Waals surface area contributed by atoms with Crippen molar-refractivity contribution in [2.24, 2.45) is 17.8 Å². The van der Waals surface area contributed by atoms with Gasteiger partial charge in [-0.2, -0.15) is 0 Å². The monoisotopic (exact) mass is 474 g/mol. The average Bonchev–Trinajstić information content (AvgIpc) is 3.02. The number of unbranched alkanes of at least 4 members (excludes halogenated alkanes) is 1. The lowest BCUT2D eigenvalue weighted by Gasteiger charge is -2.29. The zero-order valence-electron chi connectivity index (χ0n) is 19.7. The van der Waals surface area contributed by atoms with Crippen LogP contribution in [0, 0.1) is 17.8 Å². The van der Waals surface area contributed by atoms with Gasteiger partial charge in [0.25, 0.3) is 5.92 Å². The zero-order valence-corrected chi connectivity index (χ0v) is 19.7. The molecule has 1 saturated carbocycles. The van der Waals surface area contributed by atoms with Crippen molar-refractivity contribution in [3.8, 4) is 0 Å². The lowest BCUT2D eigenvalue weighted by Crippen LogP contribution is -2.34. The number of aliphatic hydroxyl groups excluding tert-OH is 2. The topological polar surface area (TPSA) is 96.2 Å². The van der Waals surface area contributed by atoms with E-state index in [1.165, 1.54) is 0 Å². The largest absolute Gasteiger partial charge is 0.481 e. The van der Waals surface area contributed by atoms with Crippen molar-refractivity contribution < 1.29 is 38.4 Å². The molecule has 0 amide bonds. The van der Waals surface area contributed by atoms with Gasteiger partial charge in [-0.3, -0.25) is 4.79 Å². The molecule has 0 aromatic carbocycles. The molecule has 1 aliphatic heterocycles. The van der Waals surface area contributed by atoms with Crippen molar-refractivity contribution >= 4 is 5.97 Å². The smallest absolute Gasteiger partial charge is 0.303 e. The van der Waals surface area contributed by atoms with E-state index in [0.29, 0.717) is 32.3 Å². The molecule has 0 bridgehead atoms. The number of carbonyl (C=O) groups is 1. The van der Waals surface area contributed by atoms with Crippen LogP contribution < -0.4 is 0 Å². The zero-order chi connectivity index (χ0) is 24.4. The van der Waals surface area contributed by atoms with E-state index in [2.05, 4.69) is 0 Å². The number of alkyl halides is 2. The summed E-state index contributed by atoms with van der Waals surface area (Å²) in [7, 11) is 0. The third-order valence-electron chi connectivity index (χ3n) is 6.32. The molecule has 8 heteroatoms. The van der Waals surface area contributed by atoms with Gasteiger partial charge >= 0.3 is 5.97 Å². The van der Waals surface area contributed by atoms with Gasteiger partial charge in [0.2, 0.25) is 0 Å². The third-order valence-corrected chi connectivity index (χ3v) is 6.32. The number of ether oxygens (including phenoxy) is 2. The Morgan fingerprint density at radius 2 is 2.03 bits per heavy atom. The number of rotatable bonds is 13. The van der Waals surface area contributed by atoms with Crippen LogP contribution in [0.25, 0.3) is 0 Å². The maximum absolute atomic E-state index is 14.3. The van der Waals surface area contributed by atoms with E-state index in [1.807, 2.05) is 12.2 Å². The highest BCUT2D eigenvalue weighted by molar-refractivity contribution is 5.66. The molecule has 2 rings (SSSR count). The van der Waals surface area contributed by atoms with Gasteiger partial charge in [-0.25, -0.2) is 8.78 Å². The van der Waals surface area contributed by atoms with E-state index in [1.54, 1.807) is 19.9 Å². The minimum Gasteiger partial charge on any atom is -0.481 e. The number of aliphatic carboxylic acids is 1. The van der Waals surface area contributed by atoms with E-state index in [0.717, 1.165) is 25.3 Å². The number of halogens is 2. The van der Waals surface area contributed by atoms with Gasteiger partial charge in [-0.05, 0) is 50.4 Å². The molecule has 0 aromatic heterocycles. The maximum atomic E-state index is 14.3. The molecule has 190 valence electrons. The molecule has 6 nitrogen and oxygen atoms in total. The van der Waals surface area contributed by atoms with E-state index < -0.39 is 36.6 Å². The van der Waals surface area contributed by atoms with Crippen LogP contribution in [-0.4, -0.2) is 58.4 Å². The quantitative estimate of drug-likeness (QED) is 0.265. The van der Waals surface area contributed by atoms with Crippen LogP contribution in [0.4, 0.5) is 8.78 Å². The highest BCUT2D eigenvalue weighted by Crippen LogP contribution is 2.40. The molecule has 1 heterocycles. The van der Waals surface area contributed by atoms with Crippen molar-refractivity contribution in [2.45, 2.75) is 102 Å². The van der Waals surface area contributed by atoms with Crippen LogP contribution in [-0.2, 0) is 14.3 Å². The molecule has 1 saturated heterocycles. The second kappa shape index (κ2) is 13.5. The molecule has 2 unspecified atom stereocenters. The molecule has 0 aromatic rings. The van der Waals surface area contributed by atoms with Crippen LogP contribution in [0.5, 0.6) is 0 Å². The van der Waals surface area contributed by atoms with Crippen LogP contribution in [0.1, 0.15) is 71.6 Å². The van der Waals surface area contributed by atoms with E-state index in [-0.39, 0.29) is 30.5 Å². The summed E-state index contributed by atoms with van der Waals surface area (Å²) < 4.78 is 40.4. The summed E-state index contributed by atoms with van der Waals surface area (Å²) in [5.41, 5.74) is 0. The highest BCUT2D eigenvalue weighted by Gasteiger charge is 2.43. The first-order valence-electron chi connectivity index (χ1n) is 12.2. The van der Waals surface area contributed by atoms with Crippen LogP contribution in [0.2, 0.25) is 0 Å². The van der Waals surface area contributed by atoms with Crippen molar-refractivity contribution in [2.75, 3.05) is 6.61 Å². The minimum absolute atomic E-state index is 0.0987. The first-order valence-corrected chi connectivity index (χ1v) is 12.2. The minimum atomic E-state index is -3.23. The van der Waals surface area contributed by atoms with Crippen LogP contribution in [0.3, 0.4) is 0 Å². The van der Waals surface area contributed by atoms with Gasteiger partial charge in [0.1, 0.15) is 6.10 Å². The molecule has 2 fully saturated rings. The third kappa shape index (κ3) is 9.43. The van der Waals surface area contributed by atoms with Gasteiger partial charge in [-0.1, -0.05) is 38.2 Å². The van der Waals surface area contributed by atoms with Gasteiger partial charge in [-0.15, -0.1) is 0 Å². The predicted octanol–water partition coefficient (Wildman–Crippen LogP) is 4.69. The summed E-state index contributed by atoms with van der Waals surface area (Å²) in [6.45, 7) is 3.98. The molecular weight excluding hydrogens is 434 g/mol. The fourth-order valence-corrected chi connectivity index (χ4v) is 4.62. The van der Waals surface area contributed by atoms with Gasteiger partial charge < -0.3 is 24.8 Å².